The maximum Gasteiger partial charge on any atom is 0.227 e. The van der Waals surface area contributed by atoms with Gasteiger partial charge in [0, 0.05) is 55.8 Å². The molecule has 0 saturated carbocycles. The van der Waals surface area contributed by atoms with Gasteiger partial charge in [-0.3, -0.25) is 0 Å². The normalized spacial score (nSPS) is 11.7. The smallest absolute Gasteiger partial charge is 0.227 e. The predicted octanol–water partition coefficient (Wildman–Crippen LogP) is 15.8. The van der Waals surface area contributed by atoms with E-state index in [2.05, 4.69) is 157 Å². The van der Waals surface area contributed by atoms with Crippen molar-refractivity contribution in [2.24, 2.45) is 0 Å². The summed E-state index contributed by atoms with van der Waals surface area (Å²) in [5.74, 6) is 0.592. The van der Waals surface area contributed by atoms with Crippen molar-refractivity contribution in [3.8, 4) is 44.8 Å². The van der Waals surface area contributed by atoms with Gasteiger partial charge in [-0.05, 0) is 94.5 Å². The lowest BCUT2D eigenvalue weighted by Crippen LogP contribution is -2.10. The van der Waals surface area contributed by atoms with Crippen molar-refractivity contribution in [3.05, 3.63) is 206 Å². The van der Waals surface area contributed by atoms with Gasteiger partial charge in [-0.25, -0.2) is 4.98 Å². The fourth-order valence-electron chi connectivity index (χ4n) is 8.65. The van der Waals surface area contributed by atoms with Gasteiger partial charge in [-0.15, -0.1) is 0 Å². The zero-order valence-corrected chi connectivity index (χ0v) is 32.2. The van der Waals surface area contributed by atoms with E-state index in [-0.39, 0.29) is 0 Å². The third-order valence-electron chi connectivity index (χ3n) is 11.5. The highest BCUT2D eigenvalue weighted by Crippen LogP contribution is 2.43. The van der Waals surface area contributed by atoms with E-state index in [0.717, 1.165) is 99.9 Å². The number of rotatable bonds is 7. The molecule has 0 amide bonds. The Kier molecular flexibility index (Phi) is 7.78. The van der Waals surface area contributed by atoms with Crippen molar-refractivity contribution in [1.29, 1.82) is 0 Å². The van der Waals surface area contributed by atoms with E-state index < -0.39 is 0 Å². The van der Waals surface area contributed by atoms with Gasteiger partial charge in [0.05, 0.1) is 0 Å². The topological polar surface area (TPSA) is 55.6 Å². The highest BCUT2D eigenvalue weighted by molar-refractivity contribution is 6.15. The molecule has 0 fully saturated rings. The summed E-state index contributed by atoms with van der Waals surface area (Å²) in [6.45, 7) is 0. The summed E-state index contributed by atoms with van der Waals surface area (Å²) in [4.78, 5) is 7.11. The maximum absolute atomic E-state index is 6.48. The molecule has 3 heterocycles. The first-order valence-electron chi connectivity index (χ1n) is 20.1. The molecule has 0 aliphatic rings. The van der Waals surface area contributed by atoms with Crippen molar-refractivity contribution in [3.63, 3.8) is 0 Å². The summed E-state index contributed by atoms with van der Waals surface area (Å²) in [6.07, 6.45) is 0. The molecule has 0 radical (unpaired) electrons. The van der Waals surface area contributed by atoms with E-state index in [4.69, 9.17) is 18.2 Å². The molecule has 5 nitrogen and oxygen atoms in total. The number of benzene rings is 9. The molecular formula is C55H34N2O3. The van der Waals surface area contributed by atoms with E-state index in [1.54, 1.807) is 0 Å². The lowest BCUT2D eigenvalue weighted by atomic mass is 9.98. The van der Waals surface area contributed by atoms with Gasteiger partial charge >= 0.3 is 0 Å². The van der Waals surface area contributed by atoms with Crippen LogP contribution >= 0.6 is 0 Å². The number of aromatic nitrogens is 1. The molecule has 0 saturated heterocycles. The molecule has 0 aliphatic carbocycles. The van der Waals surface area contributed by atoms with Crippen molar-refractivity contribution in [1.82, 2.24) is 4.98 Å². The molecule has 0 unspecified atom stereocenters. The Morgan fingerprint density at radius 2 is 0.950 bits per heavy atom. The quantitative estimate of drug-likeness (QED) is 0.162. The number of furan rings is 2. The van der Waals surface area contributed by atoms with Crippen molar-refractivity contribution in [2.75, 3.05) is 4.90 Å². The first-order valence-corrected chi connectivity index (χ1v) is 20.1. The van der Waals surface area contributed by atoms with Gasteiger partial charge in [0.2, 0.25) is 5.89 Å². The van der Waals surface area contributed by atoms with Crippen LogP contribution in [0.15, 0.2) is 220 Å². The van der Waals surface area contributed by atoms with Gasteiger partial charge in [0.1, 0.15) is 27.8 Å². The third-order valence-corrected chi connectivity index (χ3v) is 11.5. The minimum atomic E-state index is 0.592. The van der Waals surface area contributed by atoms with Gasteiger partial charge in [-0.1, -0.05) is 133 Å². The number of hydrogen-bond donors (Lipinski definition) is 0. The molecule has 0 aliphatic heterocycles. The number of fused-ring (bicyclic) bond motifs is 7. The first kappa shape index (κ1) is 33.9. The fraction of sp³-hybridized carbons (Fsp3) is 0. The summed E-state index contributed by atoms with van der Waals surface area (Å²) in [5.41, 5.74) is 15.6. The first-order chi connectivity index (χ1) is 29.7. The van der Waals surface area contributed by atoms with Crippen LogP contribution in [-0.4, -0.2) is 4.98 Å². The Hall–Kier alpha value is -8.15. The molecule has 0 N–H and O–H groups in total. The molecule has 12 rings (SSSR count). The average Bonchev–Trinajstić information content (AvgIpc) is 4.02. The van der Waals surface area contributed by atoms with Gasteiger partial charge in [-0.2, -0.15) is 0 Å². The molecule has 0 atom stereocenters. The summed E-state index contributed by atoms with van der Waals surface area (Å²) >= 11 is 0. The van der Waals surface area contributed by atoms with E-state index in [1.807, 2.05) is 54.6 Å². The predicted molar refractivity (Wildman–Crippen MR) is 245 cm³/mol. The molecule has 5 heteroatoms. The molecule has 60 heavy (non-hydrogen) atoms. The van der Waals surface area contributed by atoms with Crippen LogP contribution in [0.5, 0.6) is 0 Å². The minimum Gasteiger partial charge on any atom is -0.456 e. The second kappa shape index (κ2) is 13.8. The molecule has 0 spiro atoms. The monoisotopic (exact) mass is 770 g/mol. The molecule has 282 valence electrons. The van der Waals surface area contributed by atoms with E-state index >= 15 is 0 Å². The largest absolute Gasteiger partial charge is 0.456 e. The Labute approximate surface area is 345 Å². The third kappa shape index (κ3) is 5.67. The van der Waals surface area contributed by atoms with Crippen LogP contribution in [0.3, 0.4) is 0 Å². The van der Waals surface area contributed by atoms with E-state index in [0.29, 0.717) is 5.89 Å². The van der Waals surface area contributed by atoms with E-state index in [9.17, 15) is 0 Å². The van der Waals surface area contributed by atoms with Gasteiger partial charge < -0.3 is 18.2 Å². The van der Waals surface area contributed by atoms with Crippen LogP contribution in [0, 0.1) is 0 Å². The minimum absolute atomic E-state index is 0.592. The highest BCUT2D eigenvalue weighted by Gasteiger charge is 2.19. The van der Waals surface area contributed by atoms with Crippen LogP contribution < -0.4 is 4.90 Å². The van der Waals surface area contributed by atoms with Crippen molar-refractivity contribution in [2.45, 2.75) is 0 Å². The summed E-state index contributed by atoms with van der Waals surface area (Å²) < 4.78 is 19.2. The van der Waals surface area contributed by atoms with Crippen LogP contribution in [0.25, 0.3) is 99.8 Å². The fourth-order valence-corrected chi connectivity index (χ4v) is 8.65. The summed E-state index contributed by atoms with van der Waals surface area (Å²) in [5, 5.41) is 4.26. The Bertz CT molecular complexity index is 3530. The lowest BCUT2D eigenvalue weighted by molar-refractivity contribution is 0.620. The second-order valence-corrected chi connectivity index (χ2v) is 15.1. The lowest BCUT2D eigenvalue weighted by Gasteiger charge is -2.26. The van der Waals surface area contributed by atoms with Gasteiger partial charge in [0.25, 0.3) is 0 Å². The summed E-state index contributed by atoms with van der Waals surface area (Å²) in [7, 11) is 0. The van der Waals surface area contributed by atoms with Crippen LogP contribution in [0.2, 0.25) is 0 Å². The zero-order valence-electron chi connectivity index (χ0n) is 32.2. The van der Waals surface area contributed by atoms with Crippen molar-refractivity contribution >= 4 is 72.0 Å². The Morgan fingerprint density at radius 3 is 1.75 bits per heavy atom. The van der Waals surface area contributed by atoms with E-state index in [1.165, 1.54) is 11.1 Å². The van der Waals surface area contributed by atoms with Crippen LogP contribution in [0.4, 0.5) is 17.1 Å². The standard InChI is InChI=1S/C55H34N2O3/c1-3-12-35(13-4-1)36-24-28-40(29-25-36)57(42-17-9-16-39(32-42)44-20-10-21-46-45-18-7-8-22-49(45)59-54(44)46)41-30-26-37(27-31-41)43-19-11-23-50-53(43)47-33-52-48(34-51(47)58-50)56-55(60-52)38-14-5-2-6-15-38/h1-34H. The maximum atomic E-state index is 6.48. The van der Waals surface area contributed by atoms with Crippen LogP contribution in [-0.2, 0) is 0 Å². The van der Waals surface area contributed by atoms with Gasteiger partial charge in [0.15, 0.2) is 5.58 Å². The molecule has 3 aromatic heterocycles. The molecule has 12 aromatic rings. The number of para-hydroxylation sites is 2. The van der Waals surface area contributed by atoms with Crippen molar-refractivity contribution < 1.29 is 13.3 Å². The average molecular weight is 771 g/mol. The zero-order chi connectivity index (χ0) is 39.6. The number of nitrogens with zero attached hydrogens (tertiary/aromatic N) is 2. The summed E-state index contributed by atoms with van der Waals surface area (Å²) in [6, 6.07) is 71.7. The second-order valence-electron chi connectivity index (χ2n) is 15.1. The number of oxazole rings is 1. The number of hydrogen-bond acceptors (Lipinski definition) is 5. The van der Waals surface area contributed by atoms with Crippen LogP contribution in [0.1, 0.15) is 0 Å². The molecular weight excluding hydrogens is 737 g/mol. The Balaban J connectivity index is 0.965. The SMILES string of the molecule is c1ccc(-c2ccc(N(c3ccc(-c4cccc5oc6cc7nc(-c8ccccc8)oc7cc6c45)cc3)c3cccc(-c4cccc5c4oc4ccccc45)c3)cc2)cc1. The number of anilines is 3. The molecule has 0 bridgehead atoms. The molecule has 9 aromatic carbocycles. The Morgan fingerprint density at radius 1 is 0.333 bits per heavy atom. The highest BCUT2D eigenvalue weighted by atomic mass is 16.4.